The lowest BCUT2D eigenvalue weighted by molar-refractivity contribution is -0.197. The summed E-state index contributed by atoms with van der Waals surface area (Å²) in [7, 11) is 0. The zero-order chi connectivity index (χ0) is 13.4. The molecule has 0 aromatic carbocycles. The Morgan fingerprint density at radius 3 is 2.61 bits per heavy atom. The van der Waals surface area contributed by atoms with E-state index >= 15 is 0 Å². The monoisotopic (exact) mass is 258 g/mol. The molecule has 0 amide bonds. The summed E-state index contributed by atoms with van der Waals surface area (Å²) in [5.41, 5.74) is -1.62. The molecule has 6 heteroatoms. The Hall–Kier alpha value is -1.43. The fourth-order valence-corrected chi connectivity index (χ4v) is 2.13. The van der Waals surface area contributed by atoms with Crippen molar-refractivity contribution >= 4 is 5.78 Å². The molecule has 0 bridgehead atoms. The smallest absolute Gasteiger partial charge is 0.315 e. The molecule has 1 aromatic heterocycles. The molecule has 1 atom stereocenters. The van der Waals surface area contributed by atoms with Gasteiger partial charge in [0.1, 0.15) is 5.41 Å². The molecule has 18 heavy (non-hydrogen) atoms. The Kier molecular flexibility index (Phi) is 3.14. The Labute approximate surface area is 102 Å². The SMILES string of the molecule is Cc1ccc(C(=O)C2(C(F)(F)F)CCNC2)cn1. The molecule has 0 saturated carbocycles. The largest absolute Gasteiger partial charge is 0.402 e. The van der Waals surface area contributed by atoms with Gasteiger partial charge in [-0.15, -0.1) is 0 Å². The van der Waals surface area contributed by atoms with Crippen LogP contribution in [0.3, 0.4) is 0 Å². The Bertz CT molecular complexity index is 447. The van der Waals surface area contributed by atoms with Gasteiger partial charge in [0.15, 0.2) is 5.78 Å². The summed E-state index contributed by atoms with van der Waals surface area (Å²) in [5.74, 6) is -0.896. The van der Waals surface area contributed by atoms with E-state index in [0.29, 0.717) is 5.69 Å². The van der Waals surface area contributed by atoms with Crippen LogP contribution in [0.5, 0.6) is 0 Å². The third-order valence-electron chi connectivity index (χ3n) is 3.31. The fourth-order valence-electron chi connectivity index (χ4n) is 2.13. The summed E-state index contributed by atoms with van der Waals surface area (Å²) in [6.45, 7) is 1.55. The number of Topliss-reactive ketones (excluding diaryl/α,β-unsaturated/α-hetero) is 1. The van der Waals surface area contributed by atoms with E-state index in [1.807, 2.05) is 0 Å². The average molecular weight is 258 g/mol. The second kappa shape index (κ2) is 4.35. The van der Waals surface area contributed by atoms with E-state index in [-0.39, 0.29) is 25.1 Å². The van der Waals surface area contributed by atoms with Gasteiger partial charge in [0.05, 0.1) is 0 Å². The first-order valence-electron chi connectivity index (χ1n) is 5.62. The highest BCUT2D eigenvalue weighted by Crippen LogP contribution is 2.45. The Balaban J connectivity index is 2.38. The number of hydrogen-bond donors (Lipinski definition) is 1. The first-order valence-corrected chi connectivity index (χ1v) is 5.62. The molecule has 1 unspecified atom stereocenters. The summed E-state index contributed by atoms with van der Waals surface area (Å²) in [4.78, 5) is 16.0. The first-order chi connectivity index (χ1) is 8.37. The molecule has 1 N–H and O–H groups in total. The molecule has 1 saturated heterocycles. The van der Waals surface area contributed by atoms with Crippen LogP contribution in [0.25, 0.3) is 0 Å². The molecule has 3 nitrogen and oxygen atoms in total. The topological polar surface area (TPSA) is 42.0 Å². The van der Waals surface area contributed by atoms with Crippen LogP contribution in [0.1, 0.15) is 22.5 Å². The standard InChI is InChI=1S/C12H13F3N2O/c1-8-2-3-9(6-17-8)10(18)11(12(13,14)15)4-5-16-7-11/h2-3,6,16H,4-5,7H2,1H3. The summed E-state index contributed by atoms with van der Waals surface area (Å²) in [6, 6.07) is 2.94. The zero-order valence-corrected chi connectivity index (χ0v) is 9.84. The van der Waals surface area contributed by atoms with Crippen LogP contribution in [-0.2, 0) is 0 Å². The predicted octanol–water partition coefficient (Wildman–Crippen LogP) is 2.11. The van der Waals surface area contributed by atoms with Crippen molar-refractivity contribution in [3.63, 3.8) is 0 Å². The normalized spacial score (nSPS) is 24.2. The first kappa shape index (κ1) is 13.0. The van der Waals surface area contributed by atoms with Crippen LogP contribution in [-0.4, -0.2) is 30.0 Å². The quantitative estimate of drug-likeness (QED) is 0.826. The lowest BCUT2D eigenvalue weighted by atomic mass is 9.79. The van der Waals surface area contributed by atoms with Crippen molar-refractivity contribution in [2.45, 2.75) is 19.5 Å². The molecule has 1 aromatic rings. The van der Waals surface area contributed by atoms with E-state index in [1.165, 1.54) is 12.3 Å². The lowest BCUT2D eigenvalue weighted by Gasteiger charge is -2.29. The maximum Gasteiger partial charge on any atom is 0.402 e. The Morgan fingerprint density at radius 2 is 2.17 bits per heavy atom. The zero-order valence-electron chi connectivity index (χ0n) is 9.84. The molecule has 98 valence electrons. The van der Waals surface area contributed by atoms with Gasteiger partial charge in [-0.1, -0.05) is 0 Å². The van der Waals surface area contributed by atoms with Crippen molar-refractivity contribution in [1.29, 1.82) is 0 Å². The lowest BCUT2D eigenvalue weighted by Crippen LogP contribution is -2.46. The minimum atomic E-state index is -4.54. The maximum atomic E-state index is 13.2. The van der Waals surface area contributed by atoms with Gasteiger partial charge in [-0.25, -0.2) is 0 Å². The number of ketones is 1. The van der Waals surface area contributed by atoms with Crippen molar-refractivity contribution < 1.29 is 18.0 Å². The molecule has 1 aliphatic heterocycles. The Morgan fingerprint density at radius 1 is 1.44 bits per heavy atom. The van der Waals surface area contributed by atoms with Gasteiger partial charge in [-0.2, -0.15) is 13.2 Å². The third-order valence-corrected chi connectivity index (χ3v) is 3.31. The van der Waals surface area contributed by atoms with Crippen LogP contribution in [0.4, 0.5) is 13.2 Å². The van der Waals surface area contributed by atoms with Gasteiger partial charge < -0.3 is 5.32 Å². The van der Waals surface area contributed by atoms with E-state index in [1.54, 1.807) is 13.0 Å². The van der Waals surface area contributed by atoms with Crippen LogP contribution in [0.2, 0.25) is 0 Å². The molecule has 0 radical (unpaired) electrons. The van der Waals surface area contributed by atoms with E-state index in [4.69, 9.17) is 0 Å². The van der Waals surface area contributed by atoms with E-state index in [9.17, 15) is 18.0 Å². The van der Waals surface area contributed by atoms with Gasteiger partial charge in [0, 0.05) is 24.0 Å². The second-order valence-corrected chi connectivity index (χ2v) is 4.52. The highest BCUT2D eigenvalue weighted by Gasteiger charge is 2.61. The van der Waals surface area contributed by atoms with Crippen molar-refractivity contribution in [2.24, 2.45) is 5.41 Å². The summed E-state index contributed by atoms with van der Waals surface area (Å²) >= 11 is 0. The van der Waals surface area contributed by atoms with E-state index in [0.717, 1.165) is 0 Å². The molecule has 0 spiro atoms. The van der Waals surface area contributed by atoms with Crippen LogP contribution in [0, 0.1) is 12.3 Å². The van der Waals surface area contributed by atoms with Crippen LogP contribution < -0.4 is 5.32 Å². The number of halogens is 3. The molecular formula is C12H13F3N2O. The van der Waals surface area contributed by atoms with Crippen molar-refractivity contribution in [1.82, 2.24) is 10.3 Å². The number of aryl methyl sites for hydroxylation is 1. The van der Waals surface area contributed by atoms with Crippen molar-refractivity contribution in [2.75, 3.05) is 13.1 Å². The predicted molar refractivity (Wildman–Crippen MR) is 59.3 cm³/mol. The van der Waals surface area contributed by atoms with E-state index in [2.05, 4.69) is 10.3 Å². The van der Waals surface area contributed by atoms with Gasteiger partial charge >= 0.3 is 6.18 Å². The van der Waals surface area contributed by atoms with Gasteiger partial charge in [-0.3, -0.25) is 9.78 Å². The average Bonchev–Trinajstić information content (AvgIpc) is 2.78. The number of carbonyl (C=O) groups is 1. The number of aromatic nitrogens is 1. The summed E-state index contributed by atoms with van der Waals surface area (Å²) < 4.78 is 39.5. The van der Waals surface area contributed by atoms with Crippen LogP contribution in [0.15, 0.2) is 18.3 Å². The third kappa shape index (κ3) is 2.01. The van der Waals surface area contributed by atoms with Gasteiger partial charge in [0.25, 0.3) is 0 Å². The number of pyridine rings is 1. The van der Waals surface area contributed by atoms with Crippen molar-refractivity contribution in [3.8, 4) is 0 Å². The minimum Gasteiger partial charge on any atom is -0.315 e. The number of carbonyl (C=O) groups excluding carboxylic acids is 1. The van der Waals surface area contributed by atoms with Gasteiger partial charge in [-0.05, 0) is 32.0 Å². The minimum absolute atomic E-state index is 0.0154. The highest BCUT2D eigenvalue weighted by molar-refractivity contribution is 6.01. The van der Waals surface area contributed by atoms with Crippen LogP contribution >= 0.6 is 0 Å². The van der Waals surface area contributed by atoms with E-state index < -0.39 is 17.4 Å². The summed E-state index contributed by atoms with van der Waals surface area (Å²) in [5, 5.41) is 2.62. The molecule has 0 aliphatic carbocycles. The molecule has 1 fully saturated rings. The number of alkyl halides is 3. The number of nitrogens with zero attached hydrogens (tertiary/aromatic N) is 1. The van der Waals surface area contributed by atoms with Gasteiger partial charge in [0.2, 0.25) is 0 Å². The molecule has 2 rings (SSSR count). The molecule has 1 aliphatic rings. The molecular weight excluding hydrogens is 245 g/mol. The number of hydrogen-bond acceptors (Lipinski definition) is 3. The molecule has 2 heterocycles. The number of nitrogens with one attached hydrogen (secondary N) is 1. The highest BCUT2D eigenvalue weighted by atomic mass is 19.4. The van der Waals surface area contributed by atoms with Crippen molar-refractivity contribution in [3.05, 3.63) is 29.6 Å². The second-order valence-electron chi connectivity index (χ2n) is 4.52. The maximum absolute atomic E-state index is 13.2. The summed E-state index contributed by atoms with van der Waals surface area (Å²) in [6.07, 6.45) is -3.55. The number of rotatable bonds is 2. The fraction of sp³-hybridized carbons (Fsp3) is 0.500.